The van der Waals surface area contributed by atoms with Crippen molar-refractivity contribution < 1.29 is 23.6 Å². The molecule has 0 saturated heterocycles. The van der Waals surface area contributed by atoms with E-state index in [1.165, 1.54) is 12.1 Å². The van der Waals surface area contributed by atoms with Crippen LogP contribution in [0, 0.1) is 6.92 Å². The topological polar surface area (TPSA) is 89.7 Å². The highest BCUT2D eigenvalue weighted by molar-refractivity contribution is 6.21. The molecule has 1 aromatic carbocycles. The Morgan fingerprint density at radius 1 is 1.23 bits per heavy atom. The fourth-order valence-corrected chi connectivity index (χ4v) is 2.17. The van der Waals surface area contributed by atoms with Crippen LogP contribution in [-0.4, -0.2) is 27.8 Å². The van der Waals surface area contributed by atoms with Crippen molar-refractivity contribution in [1.82, 2.24) is 10.0 Å². The highest BCUT2D eigenvalue weighted by atomic mass is 16.7. The van der Waals surface area contributed by atoms with Crippen molar-refractivity contribution in [3.05, 3.63) is 52.7 Å². The highest BCUT2D eigenvalue weighted by Crippen LogP contribution is 2.23. The van der Waals surface area contributed by atoms with Gasteiger partial charge in [-0.05, 0) is 19.1 Å². The van der Waals surface area contributed by atoms with Gasteiger partial charge in [-0.3, -0.25) is 9.59 Å². The van der Waals surface area contributed by atoms with Gasteiger partial charge in [-0.1, -0.05) is 24.1 Å². The summed E-state index contributed by atoms with van der Waals surface area (Å²) in [6, 6.07) is 6.26. The van der Waals surface area contributed by atoms with Gasteiger partial charge in [-0.15, -0.1) is 0 Å². The molecule has 0 aliphatic carbocycles. The molecule has 3 rings (SSSR count). The first-order valence-electron chi connectivity index (χ1n) is 6.69. The number of amides is 2. The first kappa shape index (κ1) is 14.0. The number of oxazole rings is 1. The van der Waals surface area contributed by atoms with Gasteiger partial charge < -0.3 is 9.25 Å². The third-order valence-electron chi connectivity index (χ3n) is 3.27. The van der Waals surface area contributed by atoms with Crippen LogP contribution < -0.4 is 0 Å². The Morgan fingerprint density at radius 3 is 2.32 bits per heavy atom. The number of fused-ring (bicyclic) bond motifs is 1. The van der Waals surface area contributed by atoms with Gasteiger partial charge in [0.25, 0.3) is 11.8 Å². The molecule has 2 heterocycles. The Labute approximate surface area is 125 Å². The van der Waals surface area contributed by atoms with Crippen molar-refractivity contribution in [2.75, 3.05) is 0 Å². The molecule has 0 bridgehead atoms. The van der Waals surface area contributed by atoms with Crippen molar-refractivity contribution in [3.8, 4) is 0 Å². The second kappa shape index (κ2) is 5.10. The monoisotopic (exact) mass is 300 g/mol. The molecule has 7 nitrogen and oxygen atoms in total. The van der Waals surface area contributed by atoms with E-state index in [1.807, 2.05) is 6.92 Å². The summed E-state index contributed by atoms with van der Waals surface area (Å²) in [5.41, 5.74) is 0.353. The molecule has 7 heteroatoms. The molecule has 112 valence electrons. The van der Waals surface area contributed by atoms with Crippen LogP contribution in [0.4, 0.5) is 0 Å². The molecule has 0 radical (unpaired) electrons. The van der Waals surface area contributed by atoms with Crippen LogP contribution in [0.1, 0.15) is 49.8 Å². The van der Waals surface area contributed by atoms with E-state index in [9.17, 15) is 14.4 Å². The van der Waals surface area contributed by atoms with Crippen LogP contribution in [0.2, 0.25) is 0 Å². The van der Waals surface area contributed by atoms with Crippen LogP contribution in [0.3, 0.4) is 0 Å². The van der Waals surface area contributed by atoms with Gasteiger partial charge in [0.15, 0.2) is 11.6 Å². The average Bonchev–Trinajstić information content (AvgIpc) is 3.01. The predicted octanol–water partition coefficient (Wildman–Crippen LogP) is 1.91. The minimum absolute atomic E-state index is 0.0478. The van der Waals surface area contributed by atoms with Crippen LogP contribution >= 0.6 is 0 Å². The maximum absolute atomic E-state index is 12.1. The summed E-state index contributed by atoms with van der Waals surface area (Å²) in [4.78, 5) is 45.2. The number of carbonyl (C=O) groups is 3. The van der Waals surface area contributed by atoms with E-state index in [0.29, 0.717) is 17.4 Å². The van der Waals surface area contributed by atoms with E-state index in [4.69, 9.17) is 9.25 Å². The van der Waals surface area contributed by atoms with Crippen LogP contribution in [0.15, 0.2) is 28.7 Å². The molecular weight excluding hydrogens is 288 g/mol. The van der Waals surface area contributed by atoms with Gasteiger partial charge >= 0.3 is 5.97 Å². The lowest BCUT2D eigenvalue weighted by molar-refractivity contribution is -0.0589. The minimum atomic E-state index is -0.907. The van der Waals surface area contributed by atoms with Crippen molar-refractivity contribution in [2.24, 2.45) is 0 Å². The molecule has 1 aliphatic rings. The molecule has 0 spiro atoms. The number of imide groups is 1. The molecule has 0 saturated carbocycles. The molecule has 2 aromatic rings. The number of hydrogen-bond acceptors (Lipinski definition) is 6. The number of aryl methyl sites for hydroxylation is 2. The predicted molar refractivity (Wildman–Crippen MR) is 73.0 cm³/mol. The summed E-state index contributed by atoms with van der Waals surface area (Å²) in [5.74, 6) is -1.60. The molecule has 1 aromatic heterocycles. The molecular formula is C15H12N2O5. The summed E-state index contributed by atoms with van der Waals surface area (Å²) in [6.45, 7) is 3.38. The Morgan fingerprint density at radius 2 is 1.82 bits per heavy atom. The van der Waals surface area contributed by atoms with Gasteiger partial charge in [0, 0.05) is 6.42 Å². The zero-order valence-electron chi connectivity index (χ0n) is 12.0. The van der Waals surface area contributed by atoms with Crippen LogP contribution in [-0.2, 0) is 11.3 Å². The van der Waals surface area contributed by atoms with Gasteiger partial charge in [-0.25, -0.2) is 9.78 Å². The van der Waals surface area contributed by atoms with E-state index >= 15 is 0 Å². The van der Waals surface area contributed by atoms with Crippen molar-refractivity contribution in [3.63, 3.8) is 0 Å². The molecule has 0 fully saturated rings. The van der Waals surface area contributed by atoms with Gasteiger partial charge in [0.2, 0.25) is 0 Å². The van der Waals surface area contributed by atoms with E-state index in [-0.39, 0.29) is 22.6 Å². The maximum atomic E-state index is 12.1. The zero-order chi connectivity index (χ0) is 15.9. The van der Waals surface area contributed by atoms with E-state index in [1.54, 1.807) is 19.1 Å². The number of benzene rings is 1. The van der Waals surface area contributed by atoms with Gasteiger partial charge in [0.05, 0.1) is 11.1 Å². The first-order chi connectivity index (χ1) is 10.5. The standard InChI is InChI=1S/C15H12N2O5/c1-3-11-16-12(8(2)21-11)15(20)22-17-13(18)9-6-4-5-7-10(9)14(17)19/h4-7H,3H2,1-2H3. The van der Waals surface area contributed by atoms with E-state index < -0.39 is 17.8 Å². The fourth-order valence-electron chi connectivity index (χ4n) is 2.17. The van der Waals surface area contributed by atoms with Crippen molar-refractivity contribution in [2.45, 2.75) is 20.3 Å². The molecule has 0 atom stereocenters. The lowest BCUT2D eigenvalue weighted by Crippen LogP contribution is -2.33. The second-order valence-corrected chi connectivity index (χ2v) is 4.69. The lowest BCUT2D eigenvalue weighted by Gasteiger charge is -2.11. The number of hydrogen-bond donors (Lipinski definition) is 0. The summed E-state index contributed by atoms with van der Waals surface area (Å²) < 4.78 is 5.26. The summed E-state index contributed by atoms with van der Waals surface area (Å²) >= 11 is 0. The Kier molecular flexibility index (Phi) is 3.25. The summed E-state index contributed by atoms with van der Waals surface area (Å²) in [5, 5.41) is 0.451. The average molecular weight is 300 g/mol. The number of aromatic nitrogens is 1. The Bertz CT molecular complexity index is 758. The third kappa shape index (κ3) is 2.07. The zero-order valence-corrected chi connectivity index (χ0v) is 12.0. The summed E-state index contributed by atoms with van der Waals surface area (Å²) in [7, 11) is 0. The Hall–Kier alpha value is -2.96. The fraction of sp³-hybridized carbons (Fsp3) is 0.200. The Balaban J connectivity index is 1.85. The van der Waals surface area contributed by atoms with Crippen LogP contribution in [0.5, 0.6) is 0 Å². The number of nitrogens with zero attached hydrogens (tertiary/aromatic N) is 2. The summed E-state index contributed by atoms with van der Waals surface area (Å²) in [6.07, 6.45) is 0.515. The number of rotatable bonds is 3. The quantitative estimate of drug-likeness (QED) is 0.804. The van der Waals surface area contributed by atoms with E-state index in [0.717, 1.165) is 0 Å². The van der Waals surface area contributed by atoms with Crippen molar-refractivity contribution >= 4 is 17.8 Å². The number of carbonyl (C=O) groups excluding carboxylic acids is 3. The lowest BCUT2D eigenvalue weighted by atomic mass is 10.1. The molecule has 2 amide bonds. The second-order valence-electron chi connectivity index (χ2n) is 4.69. The SMILES string of the molecule is CCc1nc(C(=O)ON2C(=O)c3ccccc3C2=O)c(C)o1. The molecule has 1 aliphatic heterocycles. The third-order valence-corrected chi connectivity index (χ3v) is 3.27. The number of hydroxylamine groups is 2. The van der Waals surface area contributed by atoms with Crippen molar-refractivity contribution in [1.29, 1.82) is 0 Å². The van der Waals surface area contributed by atoms with E-state index in [2.05, 4.69) is 4.98 Å². The molecule has 0 unspecified atom stereocenters. The molecule has 0 N–H and O–H groups in total. The van der Waals surface area contributed by atoms with Crippen LogP contribution in [0.25, 0.3) is 0 Å². The molecule has 22 heavy (non-hydrogen) atoms. The normalized spacial score (nSPS) is 13.5. The highest BCUT2D eigenvalue weighted by Gasteiger charge is 2.39. The van der Waals surface area contributed by atoms with Gasteiger partial charge in [0.1, 0.15) is 5.76 Å². The first-order valence-corrected chi connectivity index (χ1v) is 6.69. The smallest absolute Gasteiger partial charge is 0.385 e. The largest absolute Gasteiger partial charge is 0.445 e. The maximum Gasteiger partial charge on any atom is 0.385 e. The van der Waals surface area contributed by atoms with Gasteiger partial charge in [-0.2, -0.15) is 0 Å². The minimum Gasteiger partial charge on any atom is -0.445 e.